The van der Waals surface area contributed by atoms with Gasteiger partial charge in [-0.25, -0.2) is 0 Å². The Morgan fingerprint density at radius 1 is 0.577 bits per heavy atom. The SMILES string of the molecule is CCCCCCCC/C=C\CCCCCCCC(=O)OC[C@H](COP(=O)([O-])OCCO)OC(=O)CCCCCCC/C=C\CCCCCCCC.[Na+]. The molecule has 0 heterocycles. The van der Waals surface area contributed by atoms with Gasteiger partial charge in [-0.3, -0.25) is 14.2 Å². The topological polar surface area (TPSA) is 131 Å². The minimum absolute atomic E-state index is 0. The van der Waals surface area contributed by atoms with Crippen LogP contribution in [0.15, 0.2) is 24.3 Å². The quantitative estimate of drug-likeness (QED) is 0.0217. The number of hydrogen-bond acceptors (Lipinski definition) is 9. The summed E-state index contributed by atoms with van der Waals surface area (Å²) < 4.78 is 32.0. The summed E-state index contributed by atoms with van der Waals surface area (Å²) in [7, 11) is -4.70. The van der Waals surface area contributed by atoms with Crippen LogP contribution >= 0.6 is 7.82 Å². The molecule has 0 aromatic carbocycles. The maximum Gasteiger partial charge on any atom is 1.00 e. The van der Waals surface area contributed by atoms with E-state index in [0.29, 0.717) is 12.8 Å². The predicted molar refractivity (Wildman–Crippen MR) is 206 cm³/mol. The molecule has 0 bridgehead atoms. The van der Waals surface area contributed by atoms with E-state index in [1.165, 1.54) is 89.9 Å². The van der Waals surface area contributed by atoms with Crippen molar-refractivity contribution in [1.82, 2.24) is 0 Å². The van der Waals surface area contributed by atoms with E-state index in [4.69, 9.17) is 19.1 Å². The number of aliphatic hydroxyl groups is 1. The summed E-state index contributed by atoms with van der Waals surface area (Å²) in [6.45, 7) is 2.72. The smallest absolute Gasteiger partial charge is 0.756 e. The standard InChI is InChI=1S/C41H77O9P.Na/c1-3-5-7-9-11-13-15-17-19-21-23-25-27-29-31-33-40(43)47-37-39(38-49-51(45,46)48-36-35-42)50-41(44)34-32-30-28-26-24-22-20-18-16-14-12-10-8-6-4-2;/h17-20,39,42H,3-16,21-38H2,1-2H3,(H,45,46);/q;+1/p-1/b19-17-,20-18-;/t39-;/m1./s1. The first-order valence-electron chi connectivity index (χ1n) is 20.7. The molecule has 52 heavy (non-hydrogen) atoms. The summed E-state index contributed by atoms with van der Waals surface area (Å²) in [6.07, 6.45) is 38.7. The zero-order valence-electron chi connectivity index (χ0n) is 33.7. The molecule has 1 N–H and O–H groups in total. The van der Waals surface area contributed by atoms with Crippen LogP contribution < -0.4 is 34.5 Å². The average molecular weight is 767 g/mol. The molecule has 0 aliphatic heterocycles. The number of hydrogen-bond donors (Lipinski definition) is 1. The van der Waals surface area contributed by atoms with Gasteiger partial charge in [-0.15, -0.1) is 0 Å². The molecule has 0 radical (unpaired) electrons. The summed E-state index contributed by atoms with van der Waals surface area (Å²) in [5.41, 5.74) is 0. The van der Waals surface area contributed by atoms with Crippen LogP contribution in [0.1, 0.15) is 194 Å². The second kappa shape index (κ2) is 41.6. The molecule has 9 nitrogen and oxygen atoms in total. The zero-order valence-corrected chi connectivity index (χ0v) is 36.6. The maximum atomic E-state index is 12.5. The molecule has 0 aliphatic carbocycles. The second-order valence-electron chi connectivity index (χ2n) is 13.8. The minimum Gasteiger partial charge on any atom is -0.756 e. The van der Waals surface area contributed by atoms with Crippen molar-refractivity contribution >= 4 is 19.8 Å². The first-order chi connectivity index (χ1) is 24.8. The molecule has 0 amide bonds. The molecule has 2 atom stereocenters. The van der Waals surface area contributed by atoms with E-state index in [1.54, 1.807) is 0 Å². The van der Waals surface area contributed by atoms with Gasteiger partial charge in [0.2, 0.25) is 0 Å². The molecule has 0 aromatic heterocycles. The molecule has 0 fully saturated rings. The van der Waals surface area contributed by atoms with E-state index >= 15 is 0 Å². The monoisotopic (exact) mass is 767 g/mol. The van der Waals surface area contributed by atoms with Gasteiger partial charge < -0.3 is 28.5 Å². The normalized spacial score (nSPS) is 13.3. The van der Waals surface area contributed by atoms with Crippen LogP contribution in [0, 0.1) is 0 Å². The predicted octanol–water partition coefficient (Wildman–Crippen LogP) is 8.01. The van der Waals surface area contributed by atoms with E-state index in [1.807, 2.05) is 0 Å². The number of unbranched alkanes of at least 4 members (excludes halogenated alkanes) is 22. The number of aliphatic hydroxyl groups excluding tert-OH is 1. The third-order valence-electron chi connectivity index (χ3n) is 8.77. The number of rotatable bonds is 39. The van der Waals surface area contributed by atoms with Crippen LogP contribution in [0.3, 0.4) is 0 Å². The Bertz CT molecular complexity index is 899. The molecule has 0 saturated carbocycles. The van der Waals surface area contributed by atoms with E-state index in [-0.39, 0.29) is 49.0 Å². The molecule has 300 valence electrons. The molecular formula is C41H76NaO9P. The first kappa shape index (κ1) is 53.6. The largest absolute Gasteiger partial charge is 1.00 e. The van der Waals surface area contributed by atoms with Crippen molar-refractivity contribution < 1.29 is 72.2 Å². The number of carbonyl (C=O) groups excluding carboxylic acids is 2. The molecular weight excluding hydrogens is 690 g/mol. The summed E-state index contributed by atoms with van der Waals surface area (Å²) in [5, 5.41) is 8.83. The molecule has 0 saturated heterocycles. The van der Waals surface area contributed by atoms with Crippen LogP contribution in [0.5, 0.6) is 0 Å². The molecule has 0 spiro atoms. The summed E-state index contributed by atoms with van der Waals surface area (Å²) >= 11 is 0. The number of phosphoric ester groups is 1. The van der Waals surface area contributed by atoms with Gasteiger partial charge in [0.1, 0.15) is 6.61 Å². The van der Waals surface area contributed by atoms with E-state index < -0.39 is 45.7 Å². The van der Waals surface area contributed by atoms with Gasteiger partial charge in [-0.1, -0.05) is 141 Å². The van der Waals surface area contributed by atoms with Crippen LogP contribution in [-0.2, 0) is 32.7 Å². The van der Waals surface area contributed by atoms with E-state index in [9.17, 15) is 19.0 Å². The Balaban J connectivity index is 0. The van der Waals surface area contributed by atoms with Crippen molar-refractivity contribution in [3.63, 3.8) is 0 Å². The fourth-order valence-electron chi connectivity index (χ4n) is 5.66. The van der Waals surface area contributed by atoms with Crippen LogP contribution in [-0.4, -0.2) is 49.6 Å². The molecule has 11 heteroatoms. The Labute approximate surface area is 340 Å². The van der Waals surface area contributed by atoms with E-state index in [2.05, 4.69) is 42.7 Å². The maximum absolute atomic E-state index is 12.5. The zero-order chi connectivity index (χ0) is 37.5. The molecule has 0 aliphatic rings. The fraction of sp³-hybridized carbons (Fsp3) is 0.854. The molecule has 0 rings (SSSR count). The van der Waals surface area contributed by atoms with Crippen LogP contribution in [0.4, 0.5) is 0 Å². The number of esters is 2. The Kier molecular flexibility index (Phi) is 42.9. The van der Waals surface area contributed by atoms with Gasteiger partial charge in [0.25, 0.3) is 7.82 Å². The second-order valence-corrected chi connectivity index (χ2v) is 15.2. The number of allylic oxidation sites excluding steroid dienone is 4. The summed E-state index contributed by atoms with van der Waals surface area (Å²) in [4.78, 5) is 36.8. The summed E-state index contributed by atoms with van der Waals surface area (Å²) in [5.74, 6) is -0.917. The average Bonchev–Trinajstić information content (AvgIpc) is 3.11. The van der Waals surface area contributed by atoms with Gasteiger partial charge >= 0.3 is 41.5 Å². The van der Waals surface area contributed by atoms with Crippen molar-refractivity contribution in [2.45, 2.75) is 200 Å². The van der Waals surface area contributed by atoms with Gasteiger partial charge in [-0.2, -0.15) is 0 Å². The third-order valence-corrected chi connectivity index (χ3v) is 9.74. The van der Waals surface area contributed by atoms with E-state index in [0.717, 1.165) is 64.2 Å². The van der Waals surface area contributed by atoms with Crippen molar-refractivity contribution in [3.8, 4) is 0 Å². The Hall–Kier alpha value is -0.510. The Morgan fingerprint density at radius 2 is 0.962 bits per heavy atom. The molecule has 0 aromatic rings. The van der Waals surface area contributed by atoms with Crippen molar-refractivity contribution in [2.24, 2.45) is 0 Å². The third kappa shape index (κ3) is 40.7. The van der Waals surface area contributed by atoms with Crippen molar-refractivity contribution in [2.75, 3.05) is 26.4 Å². The van der Waals surface area contributed by atoms with Crippen molar-refractivity contribution in [3.05, 3.63) is 24.3 Å². The number of carbonyl (C=O) groups is 2. The number of phosphoric acid groups is 1. The van der Waals surface area contributed by atoms with Crippen LogP contribution in [0.25, 0.3) is 0 Å². The van der Waals surface area contributed by atoms with Crippen LogP contribution in [0.2, 0.25) is 0 Å². The van der Waals surface area contributed by atoms with Gasteiger partial charge in [0, 0.05) is 12.8 Å². The first-order valence-corrected chi connectivity index (χ1v) is 22.2. The van der Waals surface area contributed by atoms with Gasteiger partial charge in [0.15, 0.2) is 6.10 Å². The number of ether oxygens (including phenoxy) is 2. The van der Waals surface area contributed by atoms with Gasteiger partial charge in [-0.05, 0) is 64.2 Å². The fourth-order valence-corrected chi connectivity index (χ4v) is 6.39. The van der Waals surface area contributed by atoms with Crippen molar-refractivity contribution in [1.29, 1.82) is 0 Å². The Morgan fingerprint density at radius 3 is 1.38 bits per heavy atom. The minimum atomic E-state index is -4.70. The summed E-state index contributed by atoms with van der Waals surface area (Å²) in [6, 6.07) is 0. The van der Waals surface area contributed by atoms with Gasteiger partial charge in [0.05, 0.1) is 19.8 Å². The molecule has 1 unspecified atom stereocenters.